The van der Waals surface area contributed by atoms with Crippen molar-refractivity contribution in [2.45, 2.75) is 38.6 Å². The molecule has 2 N–H and O–H groups in total. The first kappa shape index (κ1) is 23.3. The van der Waals surface area contributed by atoms with Gasteiger partial charge in [0.2, 0.25) is 5.91 Å². The third kappa shape index (κ3) is 5.03. The second-order valence-corrected chi connectivity index (χ2v) is 9.91. The van der Waals surface area contributed by atoms with Gasteiger partial charge >= 0.3 is 0 Å². The Hall–Kier alpha value is -1.88. The number of piperazine rings is 1. The van der Waals surface area contributed by atoms with Crippen LogP contribution >= 0.6 is 0 Å². The molecule has 1 aromatic heterocycles. The molecule has 2 saturated heterocycles. The van der Waals surface area contributed by atoms with Gasteiger partial charge in [0.1, 0.15) is 5.69 Å². The average molecular weight is 448 g/mol. The Labute approximate surface area is 192 Å². The Kier molecular flexibility index (Phi) is 7.24. The molecule has 1 aromatic rings. The van der Waals surface area contributed by atoms with Gasteiger partial charge < -0.3 is 15.1 Å². The maximum absolute atomic E-state index is 12.1. The number of aliphatic imine (C=N–C) groups is 1. The first-order valence-electron chi connectivity index (χ1n) is 12.0. The minimum absolute atomic E-state index is 0.0811. The summed E-state index contributed by atoms with van der Waals surface area (Å²) in [5, 5.41) is 7.15. The molecule has 3 aliphatic rings. The Morgan fingerprint density at radius 1 is 1.22 bits per heavy atom. The predicted octanol–water partition coefficient (Wildman–Crippen LogP) is 0.171. The maximum atomic E-state index is 12.1. The Bertz CT molecular complexity index is 803. The molecule has 0 saturated carbocycles. The van der Waals surface area contributed by atoms with Gasteiger partial charge in [-0.25, -0.2) is 0 Å². The number of rotatable bonds is 8. The number of fused-ring (bicyclic) bond motifs is 1. The van der Waals surface area contributed by atoms with Gasteiger partial charge in [-0.15, -0.1) is 0 Å². The van der Waals surface area contributed by atoms with Crippen molar-refractivity contribution >= 4 is 17.9 Å². The number of carbonyl (C=O) groups excluding carboxylic acids is 1. The highest BCUT2D eigenvalue weighted by atomic mass is 16.2. The Morgan fingerprint density at radius 3 is 2.66 bits per heavy atom. The predicted molar refractivity (Wildman–Crippen MR) is 129 cm³/mol. The van der Waals surface area contributed by atoms with E-state index < -0.39 is 0 Å². The maximum Gasteiger partial charge on any atom is 0.236 e. The third-order valence-corrected chi connectivity index (χ3v) is 6.87. The highest BCUT2D eigenvalue weighted by molar-refractivity contribution is 5.87. The second kappa shape index (κ2) is 9.94. The van der Waals surface area contributed by atoms with Crippen LogP contribution in [0.4, 0.5) is 5.82 Å². The van der Waals surface area contributed by atoms with Crippen LogP contribution < -0.4 is 10.6 Å². The fourth-order valence-corrected chi connectivity index (χ4v) is 4.88. The summed E-state index contributed by atoms with van der Waals surface area (Å²) in [7, 11) is 5.84. The molecule has 0 bridgehead atoms. The molecular weight excluding hydrogens is 406 g/mol. The van der Waals surface area contributed by atoms with Gasteiger partial charge in [-0.2, -0.15) is 0 Å². The fourth-order valence-electron chi connectivity index (χ4n) is 4.88. The van der Waals surface area contributed by atoms with E-state index in [0.29, 0.717) is 18.6 Å². The van der Waals surface area contributed by atoms with Crippen molar-refractivity contribution in [2.75, 3.05) is 85.4 Å². The van der Waals surface area contributed by atoms with Crippen LogP contribution in [0, 0.1) is 0 Å². The van der Waals surface area contributed by atoms with Crippen LogP contribution in [-0.2, 0) is 4.79 Å². The van der Waals surface area contributed by atoms with Crippen LogP contribution in [0.5, 0.6) is 0 Å². The summed E-state index contributed by atoms with van der Waals surface area (Å²) >= 11 is 0. The van der Waals surface area contributed by atoms with Gasteiger partial charge in [0.15, 0.2) is 12.1 Å². The topological polar surface area (TPSA) is 76.3 Å². The third-order valence-electron chi connectivity index (χ3n) is 6.87. The first-order chi connectivity index (χ1) is 15.3. The number of hydrogen-bond donors (Lipinski definition) is 2. The first-order valence-corrected chi connectivity index (χ1v) is 12.0. The van der Waals surface area contributed by atoms with Crippen LogP contribution in [0.2, 0.25) is 0 Å². The minimum atomic E-state index is -0.0811. The number of likely N-dealkylation sites (N-methyl/N-ethyl adjacent to an activating group) is 2. The zero-order valence-electron chi connectivity index (χ0n) is 20.4. The molecule has 10 nitrogen and oxygen atoms in total. The molecule has 3 aliphatic heterocycles. The van der Waals surface area contributed by atoms with Crippen molar-refractivity contribution in [1.82, 2.24) is 34.3 Å². The molecule has 0 aliphatic carbocycles. The number of nitrogens with zero attached hydrogens (tertiary/aromatic N) is 7. The molecule has 180 valence electrons. The van der Waals surface area contributed by atoms with Crippen LogP contribution in [-0.4, -0.2) is 127 Å². The molecule has 2 atom stereocenters. The molecule has 0 spiro atoms. The number of aromatic nitrogens is 2. The van der Waals surface area contributed by atoms with Crippen LogP contribution in [0.3, 0.4) is 0 Å². The lowest BCUT2D eigenvalue weighted by atomic mass is 10.2. The monoisotopic (exact) mass is 447 g/mol. The Balaban J connectivity index is 1.33. The molecule has 0 aromatic carbocycles. The van der Waals surface area contributed by atoms with E-state index in [1.165, 1.54) is 5.69 Å². The lowest BCUT2D eigenvalue weighted by Gasteiger charge is -2.39. The van der Waals surface area contributed by atoms with E-state index in [1.807, 2.05) is 20.3 Å². The highest BCUT2D eigenvalue weighted by Crippen LogP contribution is 2.34. The number of nitrogens with one attached hydrogen (secondary N) is 2. The van der Waals surface area contributed by atoms with Gasteiger partial charge in [-0.1, -0.05) is 0 Å². The summed E-state index contributed by atoms with van der Waals surface area (Å²) in [4.78, 5) is 25.7. The van der Waals surface area contributed by atoms with E-state index in [2.05, 4.69) is 55.6 Å². The van der Waals surface area contributed by atoms with Gasteiger partial charge in [-0.05, 0) is 27.3 Å². The minimum Gasteiger partial charge on any atom is -0.348 e. The van der Waals surface area contributed by atoms with Gasteiger partial charge in [0, 0.05) is 72.5 Å². The molecular formula is C22H41N9O. The average Bonchev–Trinajstić information content (AvgIpc) is 3.18. The molecule has 32 heavy (non-hydrogen) atoms. The molecule has 1 amide bonds. The molecule has 2 unspecified atom stereocenters. The normalized spacial score (nSPS) is 24.8. The highest BCUT2D eigenvalue weighted by Gasteiger charge is 2.34. The smallest absolute Gasteiger partial charge is 0.236 e. The number of amides is 1. The van der Waals surface area contributed by atoms with Crippen LogP contribution in [0.1, 0.15) is 38.0 Å². The van der Waals surface area contributed by atoms with Crippen LogP contribution in [0.25, 0.3) is 0 Å². The van der Waals surface area contributed by atoms with Crippen molar-refractivity contribution in [2.24, 2.45) is 4.99 Å². The summed E-state index contributed by atoms with van der Waals surface area (Å²) < 4.78 is 4.74. The van der Waals surface area contributed by atoms with Crippen molar-refractivity contribution in [3.05, 3.63) is 5.69 Å². The van der Waals surface area contributed by atoms with Gasteiger partial charge in [0.05, 0.1) is 18.8 Å². The molecule has 10 heteroatoms. The number of carbonyl (C=O) groups is 1. The van der Waals surface area contributed by atoms with Gasteiger partial charge in [0.25, 0.3) is 0 Å². The number of hydrogen-bond acceptors (Lipinski definition) is 7. The van der Waals surface area contributed by atoms with Crippen molar-refractivity contribution in [3.8, 4) is 0 Å². The molecule has 0 radical (unpaired) electrons. The standard InChI is InChI=1S/C22H41N9O/c1-17(2)30-21-19(31(30)18-6-8-29(15-18)16-20(32)26(3)4)14-24-22(25-21)23-7-9-28-12-10-27(5)11-13-28/h14,17-18,22-23,25H,6-13,15-16H2,1-5H3. The zero-order chi connectivity index (χ0) is 22.8. The van der Waals surface area contributed by atoms with Crippen molar-refractivity contribution in [3.63, 3.8) is 0 Å². The summed E-state index contributed by atoms with van der Waals surface area (Å²) in [5.41, 5.74) is 1.17. The molecule has 4 rings (SSSR count). The van der Waals surface area contributed by atoms with E-state index in [1.54, 1.807) is 4.90 Å². The molecule has 4 heterocycles. The van der Waals surface area contributed by atoms with Crippen molar-refractivity contribution < 1.29 is 4.79 Å². The van der Waals surface area contributed by atoms with E-state index in [0.717, 1.165) is 64.6 Å². The summed E-state index contributed by atoms with van der Waals surface area (Å²) in [6.07, 6.45) is 3.00. The van der Waals surface area contributed by atoms with E-state index in [9.17, 15) is 4.79 Å². The van der Waals surface area contributed by atoms with E-state index in [-0.39, 0.29) is 12.2 Å². The summed E-state index contributed by atoms with van der Waals surface area (Å²) in [5.74, 6) is 1.33. The van der Waals surface area contributed by atoms with Gasteiger partial charge in [-0.3, -0.25) is 34.3 Å². The second-order valence-electron chi connectivity index (χ2n) is 9.91. The van der Waals surface area contributed by atoms with Crippen LogP contribution in [0.15, 0.2) is 4.99 Å². The quantitative estimate of drug-likeness (QED) is 0.592. The number of likely N-dealkylation sites (tertiary alicyclic amines) is 1. The largest absolute Gasteiger partial charge is 0.348 e. The summed E-state index contributed by atoms with van der Waals surface area (Å²) in [6.45, 7) is 13.4. The van der Waals surface area contributed by atoms with Crippen molar-refractivity contribution in [1.29, 1.82) is 0 Å². The fraction of sp³-hybridized carbons (Fsp3) is 0.818. The number of anilines is 1. The van der Waals surface area contributed by atoms with E-state index >= 15 is 0 Å². The lowest BCUT2D eigenvalue weighted by molar-refractivity contribution is -0.129. The zero-order valence-corrected chi connectivity index (χ0v) is 20.4. The lowest BCUT2D eigenvalue weighted by Crippen LogP contribution is -2.49. The SMILES string of the molecule is CC(C)n1c2c(n1C1CCN(CC(=O)N(C)C)C1)C=NC(NCCN1CCN(C)CC1)N2. The summed E-state index contributed by atoms with van der Waals surface area (Å²) in [6, 6.07) is 0.734. The van der Waals surface area contributed by atoms with E-state index in [4.69, 9.17) is 4.99 Å². The molecule has 2 fully saturated rings. The Morgan fingerprint density at radius 2 is 1.97 bits per heavy atom.